The van der Waals surface area contributed by atoms with Gasteiger partial charge in [-0.3, -0.25) is 38.6 Å². The smallest absolute Gasteiger partial charge is 0.253 e. The van der Waals surface area contributed by atoms with E-state index in [1.54, 1.807) is 6.07 Å². The third kappa shape index (κ3) is 34.7. The second-order valence-electron chi connectivity index (χ2n) is 31.7. The zero-order chi connectivity index (χ0) is 69.9. The minimum Gasteiger partial charge on any atom is -0.352 e. The number of unbranched alkanes of at least 4 members (excludes halogenated alkanes) is 36. The fraction of sp³-hybridized carbons (Fsp3) is 0.818. The van der Waals surface area contributed by atoms with E-state index in [9.17, 15) is 28.8 Å². The second kappa shape index (κ2) is 54.6. The molecule has 5 rings (SSSR count). The average molecular weight is 1360 g/mol. The lowest BCUT2D eigenvalue weighted by Crippen LogP contribution is -2.35. The Morgan fingerprint density at radius 1 is 0.306 bits per heavy atom. The lowest BCUT2D eigenvalue weighted by molar-refractivity contribution is -0.138. The molecule has 2 aliphatic carbocycles. The molecule has 4 aliphatic rings. The highest BCUT2D eigenvalue weighted by Crippen LogP contribution is 2.49. The molecule has 2 fully saturated rings. The lowest BCUT2D eigenvalue weighted by atomic mass is 9.61. The zero-order valence-electron chi connectivity index (χ0n) is 64.0. The Bertz CT molecular complexity index is 2160. The minimum absolute atomic E-state index is 0.0924. The van der Waals surface area contributed by atoms with Crippen molar-refractivity contribution in [2.75, 3.05) is 26.2 Å². The molecule has 0 saturated heterocycles. The number of amides is 6. The molecule has 8 unspecified atom stereocenters. The van der Waals surface area contributed by atoms with Crippen molar-refractivity contribution in [1.82, 2.24) is 20.4 Å². The topological polar surface area (TPSA) is 133 Å². The summed E-state index contributed by atoms with van der Waals surface area (Å²) in [5.41, 5.74) is 1.12. The van der Waals surface area contributed by atoms with Crippen LogP contribution in [0.15, 0.2) is 48.6 Å². The van der Waals surface area contributed by atoms with Crippen LogP contribution in [-0.2, 0) is 19.2 Å². The maximum absolute atomic E-state index is 13.4. The van der Waals surface area contributed by atoms with Gasteiger partial charge < -0.3 is 10.6 Å². The van der Waals surface area contributed by atoms with Crippen molar-refractivity contribution in [2.24, 2.45) is 47.3 Å². The first-order chi connectivity index (χ1) is 48.1. The summed E-state index contributed by atoms with van der Waals surface area (Å²) < 4.78 is 0. The molecule has 0 radical (unpaired) electrons. The van der Waals surface area contributed by atoms with Crippen LogP contribution in [-0.4, -0.2) is 71.4 Å². The molecule has 10 heteroatoms. The Labute approximate surface area is 602 Å². The van der Waals surface area contributed by atoms with Crippen LogP contribution in [0.25, 0.3) is 0 Å². The van der Waals surface area contributed by atoms with E-state index in [0.29, 0.717) is 37.3 Å². The van der Waals surface area contributed by atoms with Crippen molar-refractivity contribution in [3.05, 3.63) is 59.7 Å². The summed E-state index contributed by atoms with van der Waals surface area (Å²) >= 11 is 0. The lowest BCUT2D eigenvalue weighted by Gasteiger charge is -2.44. The summed E-state index contributed by atoms with van der Waals surface area (Å²) in [7, 11) is 0. The predicted octanol–water partition coefficient (Wildman–Crippen LogP) is 23.9. The van der Waals surface area contributed by atoms with Crippen LogP contribution in [0, 0.1) is 47.3 Å². The fourth-order valence-electron chi connectivity index (χ4n) is 18.2. The Kier molecular flexibility index (Phi) is 47.1. The molecule has 2 heterocycles. The van der Waals surface area contributed by atoms with E-state index >= 15 is 0 Å². The molecule has 10 nitrogen and oxygen atoms in total. The zero-order valence-corrected chi connectivity index (χ0v) is 64.0. The summed E-state index contributed by atoms with van der Waals surface area (Å²) in [4.78, 5) is 77.4. The van der Waals surface area contributed by atoms with E-state index in [1.807, 2.05) is 18.2 Å². The Balaban J connectivity index is 0.979. The molecule has 1 aromatic rings. The van der Waals surface area contributed by atoms with Crippen molar-refractivity contribution < 1.29 is 28.8 Å². The van der Waals surface area contributed by atoms with Gasteiger partial charge in [0.15, 0.2) is 0 Å². The van der Waals surface area contributed by atoms with Crippen molar-refractivity contribution >= 4 is 35.4 Å². The van der Waals surface area contributed by atoms with Gasteiger partial charge in [0.25, 0.3) is 35.4 Å². The van der Waals surface area contributed by atoms with Gasteiger partial charge in [0.05, 0.1) is 0 Å². The number of imide groups is 2. The quantitative estimate of drug-likeness (QED) is 0.0493. The summed E-state index contributed by atoms with van der Waals surface area (Å²) in [5.74, 6) is 6.27. The first-order valence-corrected chi connectivity index (χ1v) is 42.8. The van der Waals surface area contributed by atoms with Crippen LogP contribution in [0.4, 0.5) is 0 Å². The van der Waals surface area contributed by atoms with Gasteiger partial charge in [-0.1, -0.05) is 316 Å². The minimum atomic E-state index is -0.156. The van der Waals surface area contributed by atoms with Gasteiger partial charge in [-0.05, 0) is 143 Å². The molecule has 98 heavy (non-hydrogen) atoms. The van der Waals surface area contributed by atoms with E-state index < -0.39 is 0 Å². The van der Waals surface area contributed by atoms with Crippen LogP contribution < -0.4 is 10.6 Å². The first kappa shape index (κ1) is 84.6. The third-order valence-corrected chi connectivity index (χ3v) is 24.1. The van der Waals surface area contributed by atoms with E-state index in [-0.39, 0.29) is 35.4 Å². The van der Waals surface area contributed by atoms with Gasteiger partial charge in [-0.15, -0.1) is 0 Å². The Hall–Kier alpha value is -4.08. The molecule has 2 N–H and O–H groups in total. The van der Waals surface area contributed by atoms with Gasteiger partial charge in [-0.25, -0.2) is 0 Å². The van der Waals surface area contributed by atoms with Crippen LogP contribution in [0.1, 0.15) is 408 Å². The van der Waals surface area contributed by atoms with Gasteiger partial charge >= 0.3 is 0 Å². The normalized spacial score (nSPS) is 21.0. The van der Waals surface area contributed by atoms with Crippen LogP contribution >= 0.6 is 0 Å². The number of carbonyl (C=O) groups excluding carboxylic acids is 6. The standard InChI is InChI=1S/C88H150N4O6/c1-5-9-13-17-29-41-56-79-73(50-37-15-11-7-3)60-62-75(52-39-27-21-25-35-47-70-91-83(93)64-65-84(91)94)81(79)58-43-31-19-23-33-45-68-89-87(97)77-54-49-55-78(72-77)88(98)90-69-46-34-24-20-32-44-59-82-76(53-40-28-22-26-36-48-71-92-85(95)66-67-86(92)96)63-61-74(51-38-16-12-8-4)80(82)57-42-30-18-14-10-6-2/h49,54-55,64-67,72-76,79-82H,5-48,50-53,56-63,68-71H2,1-4H3,(H,89,97)(H,90,98). The molecule has 0 bridgehead atoms. The SMILES string of the molecule is CCCCCCCCC1C(CCCCCC)CCC(CCCCCCCCN2C(=O)C=CC2=O)C1CCCCCCCCNC(=O)c1cccc(C(=O)NCCCCCCCCC2C(CCCCCCCCN3C(=O)C=CC3=O)CCC(CCCCCC)C2CCCCCCCC)c1. The van der Waals surface area contributed by atoms with E-state index in [4.69, 9.17) is 0 Å². The molecule has 558 valence electrons. The highest BCUT2D eigenvalue weighted by atomic mass is 16.2. The van der Waals surface area contributed by atoms with Gasteiger partial charge in [-0.2, -0.15) is 0 Å². The van der Waals surface area contributed by atoms with Crippen LogP contribution in [0.2, 0.25) is 0 Å². The van der Waals surface area contributed by atoms with Crippen LogP contribution in [0.3, 0.4) is 0 Å². The number of nitrogens with zero attached hydrogens (tertiary/aromatic N) is 2. The fourth-order valence-corrected chi connectivity index (χ4v) is 18.2. The van der Waals surface area contributed by atoms with Gasteiger partial charge in [0, 0.05) is 61.6 Å². The van der Waals surface area contributed by atoms with Crippen LogP contribution in [0.5, 0.6) is 0 Å². The molecule has 2 saturated carbocycles. The maximum Gasteiger partial charge on any atom is 0.253 e. The van der Waals surface area contributed by atoms with Gasteiger partial charge in [0.2, 0.25) is 0 Å². The maximum atomic E-state index is 13.4. The molecule has 0 aromatic heterocycles. The Morgan fingerprint density at radius 2 is 0.531 bits per heavy atom. The number of rotatable bonds is 62. The summed E-state index contributed by atoms with van der Waals surface area (Å²) in [6, 6.07) is 7.27. The molecule has 8 atom stereocenters. The van der Waals surface area contributed by atoms with Crippen molar-refractivity contribution in [1.29, 1.82) is 0 Å². The van der Waals surface area contributed by atoms with Gasteiger partial charge in [0.1, 0.15) is 0 Å². The monoisotopic (exact) mass is 1360 g/mol. The summed E-state index contributed by atoms with van der Waals surface area (Å²) in [5, 5.41) is 6.33. The molecular formula is C88H150N4O6. The van der Waals surface area contributed by atoms with E-state index in [0.717, 1.165) is 98.7 Å². The highest BCUT2D eigenvalue weighted by molar-refractivity contribution is 6.13. The van der Waals surface area contributed by atoms with Crippen molar-refractivity contribution in [3.8, 4) is 0 Å². The molecule has 1 aromatic carbocycles. The van der Waals surface area contributed by atoms with E-state index in [2.05, 4.69) is 38.3 Å². The summed E-state index contributed by atoms with van der Waals surface area (Å²) in [6.07, 6.45) is 78.9. The number of benzene rings is 1. The highest BCUT2D eigenvalue weighted by Gasteiger charge is 2.39. The largest absolute Gasteiger partial charge is 0.352 e. The molecule has 6 amide bonds. The molecule has 2 aliphatic heterocycles. The van der Waals surface area contributed by atoms with Crippen molar-refractivity contribution in [3.63, 3.8) is 0 Å². The number of carbonyl (C=O) groups is 6. The second-order valence-corrected chi connectivity index (χ2v) is 31.7. The summed E-state index contributed by atoms with van der Waals surface area (Å²) in [6.45, 7) is 11.8. The number of hydrogen-bond acceptors (Lipinski definition) is 6. The van der Waals surface area contributed by atoms with Crippen molar-refractivity contribution in [2.45, 2.75) is 387 Å². The first-order valence-electron chi connectivity index (χ1n) is 42.8. The molecular weight excluding hydrogens is 1210 g/mol. The van der Waals surface area contributed by atoms with E-state index in [1.165, 1.54) is 342 Å². The Morgan fingerprint density at radius 3 is 0.806 bits per heavy atom. The average Bonchev–Trinajstić information content (AvgIpc) is 1.32. The number of hydrogen-bond donors (Lipinski definition) is 2. The molecule has 0 spiro atoms. The predicted molar refractivity (Wildman–Crippen MR) is 412 cm³/mol. The third-order valence-electron chi connectivity index (χ3n) is 24.1. The number of nitrogens with one attached hydrogen (secondary N) is 2.